The maximum absolute atomic E-state index is 11.7. The van der Waals surface area contributed by atoms with Crippen LogP contribution in [-0.2, 0) is 4.74 Å². The van der Waals surface area contributed by atoms with E-state index in [1.54, 1.807) is 31.4 Å². The molecule has 7 nitrogen and oxygen atoms in total. The van der Waals surface area contributed by atoms with E-state index in [1.165, 1.54) is 7.11 Å². The smallest absolute Gasteiger partial charge is 0.337 e. The van der Waals surface area contributed by atoms with Gasteiger partial charge in [-0.25, -0.2) is 14.8 Å². The summed E-state index contributed by atoms with van der Waals surface area (Å²) in [5, 5.41) is 6.48. The third-order valence-electron chi connectivity index (χ3n) is 4.01. The van der Waals surface area contributed by atoms with Crippen LogP contribution >= 0.6 is 0 Å². The molecule has 0 aliphatic heterocycles. The van der Waals surface area contributed by atoms with Crippen molar-refractivity contribution >= 4 is 29.0 Å². The third-order valence-corrected chi connectivity index (χ3v) is 4.01. The predicted molar refractivity (Wildman–Crippen MR) is 109 cm³/mol. The molecule has 2 aromatic carbocycles. The minimum absolute atomic E-state index is 0.392. The molecule has 0 aliphatic carbocycles. The minimum atomic E-state index is -0.392. The second-order valence-electron chi connectivity index (χ2n) is 6.21. The highest BCUT2D eigenvalue weighted by Gasteiger charge is 2.09. The van der Waals surface area contributed by atoms with E-state index in [0.717, 1.165) is 22.7 Å². The number of anilines is 4. The first kappa shape index (κ1) is 19.2. The number of ether oxygens (including phenoxy) is 2. The van der Waals surface area contributed by atoms with Gasteiger partial charge in [0, 0.05) is 11.8 Å². The van der Waals surface area contributed by atoms with Gasteiger partial charge in [0.15, 0.2) is 0 Å². The predicted octanol–water partition coefficient (Wildman–Crippen LogP) is 4.38. The van der Waals surface area contributed by atoms with Crippen LogP contribution in [-0.4, -0.2) is 30.2 Å². The van der Waals surface area contributed by atoms with Crippen molar-refractivity contribution in [3.63, 3.8) is 0 Å². The summed E-state index contributed by atoms with van der Waals surface area (Å²) in [5.41, 5.74) is 3.10. The highest BCUT2D eigenvalue weighted by Crippen LogP contribution is 2.29. The van der Waals surface area contributed by atoms with Crippen molar-refractivity contribution in [2.75, 3.05) is 24.9 Å². The first-order valence-electron chi connectivity index (χ1n) is 8.71. The molecule has 0 unspecified atom stereocenters. The summed E-state index contributed by atoms with van der Waals surface area (Å²) in [6.45, 7) is 3.83. The number of rotatable bonds is 6. The second kappa shape index (κ2) is 8.39. The molecule has 0 aliphatic rings. The Labute approximate surface area is 163 Å². The van der Waals surface area contributed by atoms with E-state index in [-0.39, 0.29) is 0 Å². The molecule has 144 valence electrons. The molecule has 0 saturated heterocycles. The summed E-state index contributed by atoms with van der Waals surface area (Å²) in [6, 6.07) is 14.7. The van der Waals surface area contributed by atoms with E-state index < -0.39 is 5.97 Å². The molecule has 2 N–H and O–H groups in total. The van der Waals surface area contributed by atoms with Crippen LogP contribution in [0.2, 0.25) is 0 Å². The van der Waals surface area contributed by atoms with E-state index >= 15 is 0 Å². The number of aromatic nitrogens is 2. The lowest BCUT2D eigenvalue weighted by molar-refractivity contribution is 0.0601. The number of nitrogens with zero attached hydrogens (tertiary/aromatic N) is 2. The topological polar surface area (TPSA) is 85.4 Å². The van der Waals surface area contributed by atoms with Gasteiger partial charge in [0.1, 0.15) is 23.2 Å². The average molecular weight is 378 g/mol. The van der Waals surface area contributed by atoms with Gasteiger partial charge in [0.05, 0.1) is 25.5 Å². The SMILES string of the molecule is COC(=O)c1cccc(Nc2cc(Nc3cc(C)ccc3OC)nc(C)n2)c1. The number of hydrogen-bond acceptors (Lipinski definition) is 7. The molecular weight excluding hydrogens is 356 g/mol. The van der Waals surface area contributed by atoms with Crippen molar-refractivity contribution in [2.45, 2.75) is 13.8 Å². The van der Waals surface area contributed by atoms with Gasteiger partial charge in [-0.05, 0) is 49.7 Å². The summed E-state index contributed by atoms with van der Waals surface area (Å²) in [5.74, 6) is 2.16. The van der Waals surface area contributed by atoms with Crippen molar-refractivity contribution in [3.05, 3.63) is 65.5 Å². The Bertz CT molecular complexity index is 1000. The summed E-state index contributed by atoms with van der Waals surface area (Å²) in [6.07, 6.45) is 0. The molecule has 0 fully saturated rings. The van der Waals surface area contributed by atoms with Gasteiger partial charge in [0.2, 0.25) is 0 Å². The van der Waals surface area contributed by atoms with Crippen molar-refractivity contribution in [1.29, 1.82) is 0 Å². The number of benzene rings is 2. The molecule has 0 amide bonds. The monoisotopic (exact) mass is 378 g/mol. The number of carbonyl (C=O) groups excluding carboxylic acids is 1. The zero-order valence-corrected chi connectivity index (χ0v) is 16.2. The van der Waals surface area contributed by atoms with E-state index in [2.05, 4.69) is 20.6 Å². The minimum Gasteiger partial charge on any atom is -0.495 e. The van der Waals surface area contributed by atoms with Crippen molar-refractivity contribution in [3.8, 4) is 5.75 Å². The van der Waals surface area contributed by atoms with Crippen LogP contribution in [0.5, 0.6) is 5.75 Å². The normalized spacial score (nSPS) is 10.3. The van der Waals surface area contributed by atoms with E-state index in [4.69, 9.17) is 9.47 Å². The van der Waals surface area contributed by atoms with Crippen molar-refractivity contribution in [2.24, 2.45) is 0 Å². The largest absolute Gasteiger partial charge is 0.495 e. The fourth-order valence-corrected chi connectivity index (χ4v) is 2.74. The highest BCUT2D eigenvalue weighted by atomic mass is 16.5. The van der Waals surface area contributed by atoms with Crippen molar-refractivity contribution in [1.82, 2.24) is 9.97 Å². The Balaban J connectivity index is 1.86. The summed E-state index contributed by atoms with van der Waals surface area (Å²) < 4.78 is 10.2. The van der Waals surface area contributed by atoms with E-state index in [0.29, 0.717) is 23.0 Å². The van der Waals surface area contributed by atoms with Crippen LogP contribution in [0.4, 0.5) is 23.0 Å². The Morgan fingerprint density at radius 2 is 1.68 bits per heavy atom. The number of methoxy groups -OCH3 is 2. The Hall–Kier alpha value is -3.61. The van der Waals surface area contributed by atoms with Crippen LogP contribution in [0.25, 0.3) is 0 Å². The molecule has 28 heavy (non-hydrogen) atoms. The molecule has 0 saturated carbocycles. The molecule has 1 heterocycles. The van der Waals surface area contributed by atoms with Crippen LogP contribution in [0, 0.1) is 13.8 Å². The maximum Gasteiger partial charge on any atom is 0.337 e. The number of aryl methyl sites for hydroxylation is 2. The Morgan fingerprint density at radius 3 is 2.39 bits per heavy atom. The average Bonchev–Trinajstić information content (AvgIpc) is 2.67. The number of nitrogens with one attached hydrogen (secondary N) is 2. The molecule has 0 atom stereocenters. The molecular formula is C21H22N4O3. The maximum atomic E-state index is 11.7. The number of hydrogen-bond donors (Lipinski definition) is 2. The number of carbonyl (C=O) groups is 1. The standard InChI is InChI=1S/C21H22N4O3/c1-13-8-9-18(27-3)17(10-13)25-20-12-19(22-14(2)23-20)24-16-7-5-6-15(11-16)21(26)28-4/h5-12H,1-4H3,(H2,22,23,24,25). The summed E-state index contributed by atoms with van der Waals surface area (Å²) in [7, 11) is 2.98. The van der Waals surface area contributed by atoms with Gasteiger partial charge >= 0.3 is 5.97 Å². The van der Waals surface area contributed by atoms with E-state index in [1.807, 2.05) is 38.1 Å². The first-order valence-corrected chi connectivity index (χ1v) is 8.71. The van der Waals surface area contributed by atoms with Gasteiger partial charge in [-0.1, -0.05) is 12.1 Å². The van der Waals surface area contributed by atoms with Gasteiger partial charge in [-0.2, -0.15) is 0 Å². The zero-order chi connectivity index (χ0) is 20.1. The van der Waals surface area contributed by atoms with Crippen molar-refractivity contribution < 1.29 is 14.3 Å². The van der Waals surface area contributed by atoms with Crippen LogP contribution in [0.15, 0.2) is 48.5 Å². The lowest BCUT2D eigenvalue weighted by atomic mass is 10.2. The summed E-state index contributed by atoms with van der Waals surface area (Å²) >= 11 is 0. The molecule has 0 spiro atoms. The van der Waals surface area contributed by atoms with Gasteiger partial charge < -0.3 is 20.1 Å². The Morgan fingerprint density at radius 1 is 0.929 bits per heavy atom. The second-order valence-corrected chi connectivity index (χ2v) is 6.21. The van der Waals surface area contributed by atoms with Gasteiger partial charge in [-0.15, -0.1) is 0 Å². The lowest BCUT2D eigenvalue weighted by Crippen LogP contribution is -2.04. The highest BCUT2D eigenvalue weighted by molar-refractivity contribution is 5.90. The van der Waals surface area contributed by atoms with Gasteiger partial charge in [-0.3, -0.25) is 0 Å². The van der Waals surface area contributed by atoms with Crippen LogP contribution in [0.1, 0.15) is 21.7 Å². The number of esters is 1. The fourth-order valence-electron chi connectivity index (χ4n) is 2.74. The quantitative estimate of drug-likeness (QED) is 0.616. The fraction of sp³-hybridized carbons (Fsp3) is 0.190. The van der Waals surface area contributed by atoms with Crippen LogP contribution in [0.3, 0.4) is 0 Å². The first-order chi connectivity index (χ1) is 13.5. The third kappa shape index (κ3) is 4.56. The molecule has 7 heteroatoms. The van der Waals surface area contributed by atoms with Crippen LogP contribution < -0.4 is 15.4 Å². The molecule has 0 bridgehead atoms. The molecule has 0 radical (unpaired) electrons. The van der Waals surface area contributed by atoms with Gasteiger partial charge in [0.25, 0.3) is 0 Å². The lowest BCUT2D eigenvalue weighted by Gasteiger charge is -2.13. The Kier molecular flexibility index (Phi) is 5.74. The molecule has 3 rings (SSSR count). The zero-order valence-electron chi connectivity index (χ0n) is 16.2. The molecule has 1 aromatic heterocycles. The molecule has 3 aromatic rings. The summed E-state index contributed by atoms with van der Waals surface area (Å²) in [4.78, 5) is 20.6. The van der Waals surface area contributed by atoms with E-state index in [9.17, 15) is 4.79 Å².